The highest BCUT2D eigenvalue weighted by molar-refractivity contribution is 6.00. The average Bonchev–Trinajstić information content (AvgIpc) is 3.64. The van der Waals surface area contributed by atoms with Crippen LogP contribution in [0, 0.1) is 0 Å². The summed E-state index contributed by atoms with van der Waals surface area (Å²) >= 11 is 0. The first-order valence-electron chi connectivity index (χ1n) is 12.2. The Morgan fingerprint density at radius 3 is 2.69 bits per heavy atom. The van der Waals surface area contributed by atoms with Crippen LogP contribution in [0.25, 0.3) is 11.3 Å². The molecule has 7 nitrogen and oxygen atoms in total. The fourth-order valence-corrected chi connectivity index (χ4v) is 5.13. The van der Waals surface area contributed by atoms with Crippen LogP contribution in [-0.2, 0) is 11.3 Å². The number of carbonyl (C=O) groups excluding carboxylic acids is 1. The Balaban J connectivity index is 1.39. The minimum atomic E-state index is -0.384. The Kier molecular flexibility index (Phi) is 5.91. The molecule has 3 aromatic carbocycles. The van der Waals surface area contributed by atoms with E-state index in [1.807, 2.05) is 71.6 Å². The van der Waals surface area contributed by atoms with E-state index in [-0.39, 0.29) is 23.8 Å². The third kappa shape index (κ3) is 4.12. The van der Waals surface area contributed by atoms with E-state index in [0.29, 0.717) is 30.1 Å². The van der Waals surface area contributed by atoms with E-state index in [4.69, 9.17) is 9.47 Å². The minimum Gasteiger partial charge on any atom is -0.507 e. The smallest absolute Gasteiger partial charge is 0.273 e. The molecule has 2 N–H and O–H groups in total. The maximum absolute atomic E-state index is 13.6. The van der Waals surface area contributed by atoms with Crippen LogP contribution in [0.2, 0.25) is 0 Å². The summed E-state index contributed by atoms with van der Waals surface area (Å²) in [5.74, 6) is 0.729. The molecule has 0 spiro atoms. The number of ether oxygens (including phenoxy) is 2. The number of nitrogens with one attached hydrogen (secondary N) is 1. The summed E-state index contributed by atoms with van der Waals surface area (Å²) in [4.78, 5) is 15.5. The zero-order valence-electron chi connectivity index (χ0n) is 19.8. The van der Waals surface area contributed by atoms with Gasteiger partial charge < -0.3 is 19.5 Å². The van der Waals surface area contributed by atoms with E-state index in [9.17, 15) is 9.90 Å². The van der Waals surface area contributed by atoms with Crippen LogP contribution in [0.4, 0.5) is 0 Å². The van der Waals surface area contributed by atoms with E-state index in [2.05, 4.69) is 10.2 Å². The third-order valence-corrected chi connectivity index (χ3v) is 6.87. The lowest BCUT2D eigenvalue weighted by Crippen LogP contribution is -2.36. The molecule has 2 aliphatic heterocycles. The number of fused-ring (bicyclic) bond motifs is 1. The molecule has 1 amide bonds. The van der Waals surface area contributed by atoms with Crippen LogP contribution in [0.1, 0.15) is 46.1 Å². The average molecular weight is 482 g/mol. The van der Waals surface area contributed by atoms with Gasteiger partial charge in [-0.15, -0.1) is 0 Å². The number of aromatic hydroxyl groups is 1. The number of carbonyl (C=O) groups is 1. The number of hydrogen-bond acceptors (Lipinski definition) is 5. The predicted molar refractivity (Wildman–Crippen MR) is 135 cm³/mol. The van der Waals surface area contributed by atoms with Gasteiger partial charge in [-0.05, 0) is 48.2 Å². The molecule has 0 saturated carbocycles. The van der Waals surface area contributed by atoms with Crippen molar-refractivity contribution in [2.24, 2.45) is 0 Å². The van der Waals surface area contributed by atoms with Gasteiger partial charge >= 0.3 is 0 Å². The van der Waals surface area contributed by atoms with E-state index in [1.165, 1.54) is 0 Å². The Morgan fingerprint density at radius 2 is 1.89 bits per heavy atom. The number of rotatable bonds is 7. The molecular formula is C29H27N3O4. The first-order chi connectivity index (χ1) is 17.7. The molecule has 7 heteroatoms. The topological polar surface area (TPSA) is 87.7 Å². The highest BCUT2D eigenvalue weighted by Gasteiger charge is 2.43. The maximum Gasteiger partial charge on any atom is 0.273 e. The number of para-hydroxylation sites is 1. The van der Waals surface area contributed by atoms with Crippen molar-refractivity contribution in [3.8, 4) is 22.8 Å². The first-order valence-corrected chi connectivity index (χ1v) is 12.2. The van der Waals surface area contributed by atoms with Crippen molar-refractivity contribution < 1.29 is 19.4 Å². The van der Waals surface area contributed by atoms with Gasteiger partial charge in [-0.2, -0.15) is 5.10 Å². The molecule has 1 saturated heterocycles. The monoisotopic (exact) mass is 481 g/mol. The number of H-pyrrole nitrogens is 1. The molecule has 0 unspecified atom stereocenters. The standard InChI is InChI=1S/C29H27N3O4/c33-24-14-5-4-13-23(24)26-25-27(31-30-26)29(34)32(17-22-12-7-15-35-22)28(25)20-10-6-11-21(16-20)36-18-19-8-2-1-3-9-19/h1-6,8-11,13-14,16,22,28,33H,7,12,15,17-18H2,(H,30,31)/t22-,28-/m1/s1. The summed E-state index contributed by atoms with van der Waals surface area (Å²) in [6.45, 7) is 1.66. The van der Waals surface area contributed by atoms with Gasteiger partial charge in [0.15, 0.2) is 0 Å². The normalized spacial score (nSPS) is 19.0. The van der Waals surface area contributed by atoms with Gasteiger partial charge in [0.05, 0.1) is 12.1 Å². The Labute approximate surface area is 209 Å². The van der Waals surface area contributed by atoms with E-state index < -0.39 is 0 Å². The maximum atomic E-state index is 13.6. The summed E-state index contributed by atoms with van der Waals surface area (Å²) in [6.07, 6.45) is 1.92. The Hall–Kier alpha value is -4.10. The van der Waals surface area contributed by atoms with Crippen LogP contribution in [0.3, 0.4) is 0 Å². The van der Waals surface area contributed by atoms with Crippen molar-refractivity contribution in [2.45, 2.75) is 31.6 Å². The molecule has 0 radical (unpaired) electrons. The van der Waals surface area contributed by atoms with Crippen molar-refractivity contribution in [1.29, 1.82) is 0 Å². The van der Waals surface area contributed by atoms with Crippen molar-refractivity contribution in [1.82, 2.24) is 15.1 Å². The highest BCUT2D eigenvalue weighted by atomic mass is 16.5. The number of benzene rings is 3. The van der Waals surface area contributed by atoms with Gasteiger partial charge in [0.1, 0.15) is 29.5 Å². The largest absolute Gasteiger partial charge is 0.507 e. The van der Waals surface area contributed by atoms with E-state index in [0.717, 1.165) is 41.9 Å². The van der Waals surface area contributed by atoms with Gasteiger partial charge in [0, 0.05) is 24.3 Å². The molecule has 1 fully saturated rings. The Bertz CT molecular complexity index is 1380. The van der Waals surface area contributed by atoms with Crippen molar-refractivity contribution in [3.05, 3.63) is 101 Å². The predicted octanol–water partition coefficient (Wildman–Crippen LogP) is 5.09. The number of hydrogen-bond donors (Lipinski definition) is 2. The van der Waals surface area contributed by atoms with Gasteiger partial charge in [-0.25, -0.2) is 0 Å². The van der Waals surface area contributed by atoms with Gasteiger partial charge in [0.2, 0.25) is 0 Å². The molecule has 182 valence electrons. The van der Waals surface area contributed by atoms with Crippen LogP contribution < -0.4 is 4.74 Å². The second kappa shape index (κ2) is 9.51. The summed E-state index contributed by atoms with van der Waals surface area (Å²) < 4.78 is 12.0. The van der Waals surface area contributed by atoms with Crippen molar-refractivity contribution >= 4 is 5.91 Å². The number of nitrogens with zero attached hydrogens (tertiary/aromatic N) is 2. The number of phenolic OH excluding ortho intramolecular Hbond substituents is 1. The fourth-order valence-electron chi connectivity index (χ4n) is 5.13. The molecule has 6 rings (SSSR count). The molecule has 36 heavy (non-hydrogen) atoms. The molecular weight excluding hydrogens is 454 g/mol. The van der Waals surface area contributed by atoms with Crippen LogP contribution >= 0.6 is 0 Å². The highest BCUT2D eigenvalue weighted by Crippen LogP contribution is 2.45. The second-order valence-electron chi connectivity index (χ2n) is 9.22. The number of amides is 1. The molecule has 0 aliphatic carbocycles. The van der Waals surface area contributed by atoms with E-state index in [1.54, 1.807) is 12.1 Å². The number of aromatic amines is 1. The van der Waals surface area contributed by atoms with Gasteiger partial charge in [-0.1, -0.05) is 54.6 Å². The van der Waals surface area contributed by atoms with Crippen LogP contribution in [-0.4, -0.2) is 45.4 Å². The lowest BCUT2D eigenvalue weighted by atomic mass is 9.95. The van der Waals surface area contributed by atoms with Gasteiger partial charge in [-0.3, -0.25) is 9.89 Å². The van der Waals surface area contributed by atoms with E-state index >= 15 is 0 Å². The second-order valence-corrected chi connectivity index (χ2v) is 9.22. The SMILES string of the molecule is O=C1c2[nH]nc(-c3ccccc3O)c2[C@@H](c2cccc(OCc3ccccc3)c2)N1C[C@H]1CCCO1. The fraction of sp³-hybridized carbons (Fsp3) is 0.241. The summed E-state index contributed by atoms with van der Waals surface area (Å²) in [7, 11) is 0. The summed E-state index contributed by atoms with van der Waals surface area (Å²) in [6, 6.07) is 24.6. The van der Waals surface area contributed by atoms with Gasteiger partial charge in [0.25, 0.3) is 5.91 Å². The quantitative estimate of drug-likeness (QED) is 0.384. The Morgan fingerprint density at radius 1 is 1.06 bits per heavy atom. The summed E-state index contributed by atoms with van der Waals surface area (Å²) in [5.41, 5.74) is 4.38. The molecule has 0 bridgehead atoms. The zero-order chi connectivity index (χ0) is 24.5. The lowest BCUT2D eigenvalue weighted by molar-refractivity contribution is 0.0495. The minimum absolute atomic E-state index is 0.000457. The van der Waals surface area contributed by atoms with Crippen molar-refractivity contribution in [2.75, 3.05) is 13.2 Å². The molecule has 2 atom stereocenters. The van der Waals surface area contributed by atoms with Crippen LogP contribution in [0.15, 0.2) is 78.9 Å². The number of aromatic nitrogens is 2. The number of phenols is 1. The molecule has 4 aromatic rings. The first kappa shape index (κ1) is 22.4. The van der Waals surface area contributed by atoms with Crippen molar-refractivity contribution in [3.63, 3.8) is 0 Å². The summed E-state index contributed by atoms with van der Waals surface area (Å²) in [5, 5.41) is 18.0. The molecule has 2 aliphatic rings. The molecule has 1 aromatic heterocycles. The lowest BCUT2D eigenvalue weighted by Gasteiger charge is -2.28. The third-order valence-electron chi connectivity index (χ3n) is 6.87. The van der Waals surface area contributed by atoms with Crippen LogP contribution in [0.5, 0.6) is 11.5 Å². The molecule has 3 heterocycles. The zero-order valence-corrected chi connectivity index (χ0v) is 19.8.